The van der Waals surface area contributed by atoms with E-state index in [0.717, 1.165) is 0 Å². The van der Waals surface area contributed by atoms with Crippen molar-refractivity contribution in [3.05, 3.63) is 0 Å². The van der Waals surface area contributed by atoms with Crippen LogP contribution < -0.4 is 0 Å². The van der Waals surface area contributed by atoms with Gasteiger partial charge in [0.15, 0.2) is 0 Å². The van der Waals surface area contributed by atoms with Crippen molar-refractivity contribution in [3.8, 4) is 0 Å². The zero-order valence-corrected chi connectivity index (χ0v) is 17.3. The first kappa shape index (κ1) is 26.1. The van der Waals surface area contributed by atoms with Crippen molar-refractivity contribution in [2.45, 2.75) is 123 Å². The number of hydrogen-bond acceptors (Lipinski definition) is 1. The molecule has 0 aliphatic rings. The van der Waals surface area contributed by atoms with Gasteiger partial charge in [-0.15, -0.1) is 0 Å². The molecule has 0 aliphatic carbocycles. The summed E-state index contributed by atoms with van der Waals surface area (Å²) in [6, 6.07) is 0. The molecular weight excluding hydrogens is 297 g/mol. The number of rotatable bonds is 19. The summed E-state index contributed by atoms with van der Waals surface area (Å²) in [5.74, 6) is 0. The van der Waals surface area contributed by atoms with Crippen LogP contribution in [0.4, 0.5) is 4.70 Å². The zero-order valence-electron chi connectivity index (χ0n) is 17.3. The van der Waals surface area contributed by atoms with Gasteiger partial charge >= 0.3 is 0 Å². The molecule has 0 amide bonds. The fraction of sp³-hybridized carbons (Fsp3) is 1.00. The third kappa shape index (κ3) is 21.9. The van der Waals surface area contributed by atoms with Gasteiger partial charge in [-0.3, -0.25) is 4.70 Å². The molecule has 0 aromatic heterocycles. The highest BCUT2D eigenvalue weighted by molar-refractivity contribution is 4.54. The van der Waals surface area contributed by atoms with E-state index in [9.17, 15) is 0 Å². The molecule has 0 fully saturated rings. The Hall–Kier alpha value is -0.110. The summed E-state index contributed by atoms with van der Waals surface area (Å²) >= 11 is 0. The zero-order chi connectivity index (χ0) is 17.0. The molecule has 24 heavy (non-hydrogen) atoms. The second-order valence-electron chi connectivity index (χ2n) is 7.61. The Bertz CT molecular complexity index is 208. The smallest absolute Gasteiger partial charge is 0.00218 e. The standard InChI is InChI=1S/C22H47N.FH/c1-4-6-8-10-12-14-16-18-20-22-23(3)21-19-17-15-13-11-9-7-5-2;/h4-22H2,1-3H3;1H. The lowest BCUT2D eigenvalue weighted by atomic mass is 10.1. The van der Waals surface area contributed by atoms with Gasteiger partial charge < -0.3 is 4.90 Å². The highest BCUT2D eigenvalue weighted by Gasteiger charge is 1.99. The van der Waals surface area contributed by atoms with Gasteiger partial charge in [0.2, 0.25) is 0 Å². The van der Waals surface area contributed by atoms with Crippen molar-refractivity contribution in [1.29, 1.82) is 0 Å². The van der Waals surface area contributed by atoms with Crippen molar-refractivity contribution in [3.63, 3.8) is 0 Å². The second kappa shape index (κ2) is 22.9. The third-order valence-electron chi connectivity index (χ3n) is 5.04. The van der Waals surface area contributed by atoms with E-state index in [0.29, 0.717) is 0 Å². The average molecular weight is 346 g/mol. The quantitative estimate of drug-likeness (QED) is 0.216. The number of nitrogens with zero attached hydrogens (tertiary/aromatic N) is 1. The second-order valence-corrected chi connectivity index (χ2v) is 7.61. The molecule has 0 radical (unpaired) electrons. The monoisotopic (exact) mass is 345 g/mol. The highest BCUT2D eigenvalue weighted by atomic mass is 19.0. The van der Waals surface area contributed by atoms with Crippen molar-refractivity contribution < 1.29 is 4.70 Å². The lowest BCUT2D eigenvalue weighted by molar-refractivity contribution is 0.314. The van der Waals surface area contributed by atoms with Gasteiger partial charge in [-0.1, -0.05) is 110 Å². The van der Waals surface area contributed by atoms with Crippen molar-refractivity contribution in [2.24, 2.45) is 0 Å². The van der Waals surface area contributed by atoms with E-state index < -0.39 is 0 Å². The molecule has 0 aromatic rings. The average Bonchev–Trinajstić information content (AvgIpc) is 2.56. The van der Waals surface area contributed by atoms with Gasteiger partial charge in [0.25, 0.3) is 0 Å². The predicted octanol–water partition coefficient (Wildman–Crippen LogP) is 7.74. The maximum absolute atomic E-state index is 2.55. The molecule has 148 valence electrons. The van der Waals surface area contributed by atoms with E-state index in [4.69, 9.17) is 0 Å². The molecule has 0 saturated carbocycles. The molecule has 0 aliphatic heterocycles. The highest BCUT2D eigenvalue weighted by Crippen LogP contribution is 2.11. The van der Waals surface area contributed by atoms with Gasteiger partial charge in [-0.25, -0.2) is 0 Å². The minimum Gasteiger partial charge on any atom is -0.306 e. The molecule has 0 unspecified atom stereocenters. The Morgan fingerprint density at radius 1 is 0.417 bits per heavy atom. The Morgan fingerprint density at radius 3 is 0.958 bits per heavy atom. The third-order valence-corrected chi connectivity index (χ3v) is 5.04. The molecule has 0 saturated heterocycles. The molecular formula is C22H48FN. The van der Waals surface area contributed by atoms with Crippen LogP contribution in [-0.4, -0.2) is 25.0 Å². The van der Waals surface area contributed by atoms with Crippen molar-refractivity contribution in [2.75, 3.05) is 20.1 Å². The summed E-state index contributed by atoms with van der Waals surface area (Å²) in [7, 11) is 2.31. The fourth-order valence-corrected chi connectivity index (χ4v) is 3.32. The first-order valence-electron chi connectivity index (χ1n) is 11.0. The maximum Gasteiger partial charge on any atom is -0.00218 e. The van der Waals surface area contributed by atoms with E-state index in [1.54, 1.807) is 0 Å². The fourth-order valence-electron chi connectivity index (χ4n) is 3.32. The molecule has 0 aromatic carbocycles. The van der Waals surface area contributed by atoms with Crippen LogP contribution in [0.2, 0.25) is 0 Å². The van der Waals surface area contributed by atoms with Crippen LogP contribution >= 0.6 is 0 Å². The molecule has 0 atom stereocenters. The Morgan fingerprint density at radius 2 is 0.667 bits per heavy atom. The van der Waals surface area contributed by atoms with E-state index in [1.807, 2.05) is 0 Å². The van der Waals surface area contributed by atoms with E-state index in [2.05, 4.69) is 25.8 Å². The topological polar surface area (TPSA) is 3.24 Å². The van der Waals surface area contributed by atoms with Crippen LogP contribution in [0.15, 0.2) is 0 Å². The number of unbranched alkanes of at least 4 members (excludes halogenated alkanes) is 15. The van der Waals surface area contributed by atoms with Crippen LogP contribution in [-0.2, 0) is 0 Å². The summed E-state index contributed by atoms with van der Waals surface area (Å²) in [6.07, 6.45) is 24.4. The van der Waals surface area contributed by atoms with Crippen molar-refractivity contribution >= 4 is 0 Å². The summed E-state index contributed by atoms with van der Waals surface area (Å²) in [5, 5.41) is 0. The van der Waals surface area contributed by atoms with Crippen molar-refractivity contribution in [1.82, 2.24) is 4.90 Å². The van der Waals surface area contributed by atoms with Gasteiger partial charge in [-0.2, -0.15) is 0 Å². The summed E-state index contributed by atoms with van der Waals surface area (Å²) in [5.41, 5.74) is 0. The molecule has 0 rings (SSSR count). The SMILES string of the molecule is CCCCCCCCCCCN(C)CCCCCCCCCC.F. The maximum atomic E-state index is 2.55. The molecule has 0 spiro atoms. The summed E-state index contributed by atoms with van der Waals surface area (Å²) in [4.78, 5) is 2.55. The van der Waals surface area contributed by atoms with Gasteiger partial charge in [-0.05, 0) is 33.0 Å². The van der Waals surface area contributed by atoms with E-state index >= 15 is 0 Å². The number of halogens is 1. The minimum atomic E-state index is 0. The lowest BCUT2D eigenvalue weighted by Crippen LogP contribution is -2.20. The van der Waals surface area contributed by atoms with Crippen LogP contribution in [0.3, 0.4) is 0 Å². The van der Waals surface area contributed by atoms with Crippen LogP contribution in [0.25, 0.3) is 0 Å². The van der Waals surface area contributed by atoms with E-state index in [-0.39, 0.29) is 4.70 Å². The number of hydrogen-bond donors (Lipinski definition) is 0. The van der Waals surface area contributed by atoms with Crippen LogP contribution in [0.1, 0.15) is 123 Å². The lowest BCUT2D eigenvalue weighted by Gasteiger charge is -2.16. The first-order chi connectivity index (χ1) is 11.3. The Labute approximate surface area is 153 Å². The van der Waals surface area contributed by atoms with Crippen LogP contribution in [0.5, 0.6) is 0 Å². The van der Waals surface area contributed by atoms with E-state index in [1.165, 1.54) is 122 Å². The van der Waals surface area contributed by atoms with Gasteiger partial charge in [0.05, 0.1) is 0 Å². The summed E-state index contributed by atoms with van der Waals surface area (Å²) in [6.45, 7) is 7.21. The predicted molar refractivity (Wildman–Crippen MR) is 110 cm³/mol. The molecule has 1 nitrogen and oxygen atoms in total. The molecule has 0 bridgehead atoms. The normalized spacial score (nSPS) is 11.0. The molecule has 2 heteroatoms. The molecule has 0 N–H and O–H groups in total. The Kier molecular flexibility index (Phi) is 24.9. The van der Waals surface area contributed by atoms with Crippen LogP contribution in [0, 0.1) is 0 Å². The molecule has 0 heterocycles. The summed E-state index contributed by atoms with van der Waals surface area (Å²) < 4.78 is 0. The van der Waals surface area contributed by atoms with Gasteiger partial charge in [0, 0.05) is 0 Å². The Balaban J connectivity index is 0. The largest absolute Gasteiger partial charge is 0.306 e. The van der Waals surface area contributed by atoms with Gasteiger partial charge in [0.1, 0.15) is 0 Å². The minimum absolute atomic E-state index is 0. The first-order valence-corrected chi connectivity index (χ1v) is 11.0.